The zero-order valence-corrected chi connectivity index (χ0v) is 11.2. The number of rotatable bonds is 4. The molecular weight excluding hydrogens is 242 g/mol. The number of benzene rings is 1. The fourth-order valence-corrected chi connectivity index (χ4v) is 2.45. The number of ether oxygens (including phenoxy) is 1. The van der Waals surface area contributed by atoms with Crippen molar-refractivity contribution >= 4 is 5.84 Å². The molecule has 0 amide bonds. The maximum atomic E-state index is 8.62. The molecule has 0 spiro atoms. The quantitative estimate of drug-likeness (QED) is 0.373. The van der Waals surface area contributed by atoms with Gasteiger partial charge in [-0.1, -0.05) is 29.4 Å². The Labute approximate surface area is 113 Å². The molecule has 104 valence electrons. The summed E-state index contributed by atoms with van der Waals surface area (Å²) < 4.78 is 5.42. The van der Waals surface area contributed by atoms with Gasteiger partial charge in [-0.25, -0.2) is 0 Å². The number of oxime groups is 1. The maximum absolute atomic E-state index is 8.62. The van der Waals surface area contributed by atoms with Crippen LogP contribution in [0.1, 0.15) is 24.0 Å². The third-order valence-electron chi connectivity index (χ3n) is 3.56. The Hall–Kier alpha value is -1.59. The average molecular weight is 263 g/mol. The van der Waals surface area contributed by atoms with Crippen LogP contribution in [0, 0.1) is 0 Å². The normalized spacial score (nSPS) is 21.5. The van der Waals surface area contributed by atoms with Crippen LogP contribution in [0.3, 0.4) is 0 Å². The number of likely N-dealkylation sites (tertiary alicyclic amines) is 1. The lowest BCUT2D eigenvalue weighted by molar-refractivity contribution is 0.0285. The molecule has 1 saturated heterocycles. The molecule has 3 N–H and O–H groups in total. The van der Waals surface area contributed by atoms with Crippen molar-refractivity contribution in [3.05, 3.63) is 35.4 Å². The number of hydrogen-bond acceptors (Lipinski definition) is 4. The van der Waals surface area contributed by atoms with Crippen LogP contribution in [0.4, 0.5) is 0 Å². The monoisotopic (exact) mass is 263 g/mol. The summed E-state index contributed by atoms with van der Waals surface area (Å²) in [4.78, 5) is 2.40. The standard InChI is InChI=1S/C14H21N3O2/c1-19-13-3-2-8-17(10-13)9-11-4-6-12(7-5-11)14(15)16-18/h4-7,13,18H,2-3,8-10H2,1H3,(H2,15,16). The van der Waals surface area contributed by atoms with Gasteiger partial charge in [0.05, 0.1) is 6.10 Å². The molecule has 5 heteroatoms. The number of amidine groups is 1. The van der Waals surface area contributed by atoms with E-state index in [0.29, 0.717) is 6.10 Å². The van der Waals surface area contributed by atoms with Crippen molar-refractivity contribution in [1.82, 2.24) is 4.90 Å². The summed E-state index contributed by atoms with van der Waals surface area (Å²) in [5, 5.41) is 11.6. The highest BCUT2D eigenvalue weighted by atomic mass is 16.5. The zero-order chi connectivity index (χ0) is 13.7. The number of methoxy groups -OCH3 is 1. The second-order valence-electron chi connectivity index (χ2n) is 4.92. The highest BCUT2D eigenvalue weighted by Crippen LogP contribution is 2.15. The second-order valence-corrected chi connectivity index (χ2v) is 4.92. The third kappa shape index (κ3) is 3.68. The topological polar surface area (TPSA) is 71.1 Å². The van der Waals surface area contributed by atoms with Crippen LogP contribution >= 0.6 is 0 Å². The van der Waals surface area contributed by atoms with Crippen LogP contribution in [0.2, 0.25) is 0 Å². The molecule has 5 nitrogen and oxygen atoms in total. The molecular formula is C14H21N3O2. The molecule has 1 aromatic rings. The van der Waals surface area contributed by atoms with Crippen molar-refractivity contribution in [1.29, 1.82) is 0 Å². The average Bonchev–Trinajstić information content (AvgIpc) is 2.47. The lowest BCUT2D eigenvalue weighted by atomic mass is 10.1. The predicted octanol–water partition coefficient (Wildman–Crippen LogP) is 1.39. The Morgan fingerprint density at radius 3 is 2.84 bits per heavy atom. The Bertz CT molecular complexity index is 431. The van der Waals surface area contributed by atoms with E-state index in [2.05, 4.69) is 10.1 Å². The zero-order valence-electron chi connectivity index (χ0n) is 11.2. The molecule has 0 radical (unpaired) electrons. The predicted molar refractivity (Wildman–Crippen MR) is 74.3 cm³/mol. The first-order valence-electron chi connectivity index (χ1n) is 6.55. The first kappa shape index (κ1) is 13.8. The van der Waals surface area contributed by atoms with E-state index in [4.69, 9.17) is 15.7 Å². The molecule has 1 aromatic carbocycles. The molecule has 19 heavy (non-hydrogen) atoms. The SMILES string of the molecule is COC1CCCN(Cc2ccc(/C(N)=N/O)cc2)C1. The molecule has 0 aromatic heterocycles. The van der Waals surface area contributed by atoms with E-state index in [9.17, 15) is 0 Å². The highest BCUT2D eigenvalue weighted by molar-refractivity contribution is 5.96. The lowest BCUT2D eigenvalue weighted by Crippen LogP contribution is -2.38. The van der Waals surface area contributed by atoms with Crippen molar-refractivity contribution in [2.24, 2.45) is 10.9 Å². The largest absolute Gasteiger partial charge is 0.409 e. The van der Waals surface area contributed by atoms with Gasteiger partial charge < -0.3 is 15.7 Å². The number of piperidine rings is 1. The number of hydrogen-bond donors (Lipinski definition) is 2. The third-order valence-corrected chi connectivity index (χ3v) is 3.56. The number of nitrogens with two attached hydrogens (primary N) is 1. The maximum Gasteiger partial charge on any atom is 0.170 e. The first-order chi connectivity index (χ1) is 9.22. The molecule has 0 bridgehead atoms. The number of nitrogens with zero attached hydrogens (tertiary/aromatic N) is 2. The summed E-state index contributed by atoms with van der Waals surface area (Å²) in [6.07, 6.45) is 2.68. The summed E-state index contributed by atoms with van der Waals surface area (Å²) >= 11 is 0. The minimum atomic E-state index is 0.143. The highest BCUT2D eigenvalue weighted by Gasteiger charge is 2.19. The Balaban J connectivity index is 1.96. The van der Waals surface area contributed by atoms with Crippen molar-refractivity contribution in [2.45, 2.75) is 25.5 Å². The van der Waals surface area contributed by atoms with E-state index in [1.165, 1.54) is 12.0 Å². The van der Waals surface area contributed by atoms with Gasteiger partial charge in [0, 0.05) is 25.8 Å². The summed E-state index contributed by atoms with van der Waals surface area (Å²) in [7, 11) is 1.78. The van der Waals surface area contributed by atoms with E-state index in [-0.39, 0.29) is 5.84 Å². The van der Waals surface area contributed by atoms with Gasteiger partial charge in [0.2, 0.25) is 0 Å². The fraction of sp³-hybridized carbons (Fsp3) is 0.500. The summed E-state index contributed by atoms with van der Waals surface area (Å²) in [5.74, 6) is 0.143. The molecule has 1 aliphatic heterocycles. The summed E-state index contributed by atoms with van der Waals surface area (Å²) in [6.45, 7) is 3.01. The van der Waals surface area contributed by atoms with Crippen molar-refractivity contribution in [3.8, 4) is 0 Å². The van der Waals surface area contributed by atoms with Gasteiger partial charge in [-0.3, -0.25) is 4.90 Å². The van der Waals surface area contributed by atoms with Gasteiger partial charge in [0.25, 0.3) is 0 Å². The lowest BCUT2D eigenvalue weighted by Gasteiger charge is -2.31. The van der Waals surface area contributed by atoms with E-state index in [0.717, 1.165) is 31.6 Å². The van der Waals surface area contributed by atoms with E-state index in [1.807, 2.05) is 24.3 Å². The van der Waals surface area contributed by atoms with Gasteiger partial charge in [0.15, 0.2) is 5.84 Å². The van der Waals surface area contributed by atoms with Gasteiger partial charge in [-0.2, -0.15) is 0 Å². The van der Waals surface area contributed by atoms with Crippen LogP contribution in [0.15, 0.2) is 29.4 Å². The first-order valence-corrected chi connectivity index (χ1v) is 6.55. The summed E-state index contributed by atoms with van der Waals surface area (Å²) in [5.41, 5.74) is 7.50. The van der Waals surface area contributed by atoms with Crippen LogP contribution in [0.5, 0.6) is 0 Å². The van der Waals surface area contributed by atoms with Crippen LogP contribution in [-0.2, 0) is 11.3 Å². The smallest absolute Gasteiger partial charge is 0.170 e. The molecule has 2 rings (SSSR count). The molecule has 1 heterocycles. The molecule has 0 aliphatic carbocycles. The Morgan fingerprint density at radius 1 is 1.47 bits per heavy atom. The van der Waals surface area contributed by atoms with Gasteiger partial charge in [-0.05, 0) is 24.9 Å². The fourth-order valence-electron chi connectivity index (χ4n) is 2.45. The Kier molecular flexibility index (Phi) is 4.76. The van der Waals surface area contributed by atoms with Crippen molar-refractivity contribution < 1.29 is 9.94 Å². The van der Waals surface area contributed by atoms with Gasteiger partial charge in [0.1, 0.15) is 0 Å². The minimum Gasteiger partial charge on any atom is -0.409 e. The van der Waals surface area contributed by atoms with Crippen LogP contribution in [-0.4, -0.2) is 42.2 Å². The molecule has 1 unspecified atom stereocenters. The minimum absolute atomic E-state index is 0.143. The van der Waals surface area contributed by atoms with Crippen LogP contribution < -0.4 is 5.73 Å². The Morgan fingerprint density at radius 2 is 2.21 bits per heavy atom. The van der Waals surface area contributed by atoms with Crippen LogP contribution in [0.25, 0.3) is 0 Å². The van der Waals surface area contributed by atoms with E-state index < -0.39 is 0 Å². The van der Waals surface area contributed by atoms with Crippen molar-refractivity contribution in [3.63, 3.8) is 0 Å². The van der Waals surface area contributed by atoms with E-state index in [1.54, 1.807) is 7.11 Å². The molecule has 1 aliphatic rings. The second kappa shape index (κ2) is 6.54. The van der Waals surface area contributed by atoms with Gasteiger partial charge >= 0.3 is 0 Å². The summed E-state index contributed by atoms with van der Waals surface area (Å²) in [6, 6.07) is 7.79. The van der Waals surface area contributed by atoms with E-state index >= 15 is 0 Å². The molecule has 0 saturated carbocycles. The van der Waals surface area contributed by atoms with Crippen molar-refractivity contribution in [2.75, 3.05) is 20.2 Å². The van der Waals surface area contributed by atoms with Gasteiger partial charge in [-0.15, -0.1) is 0 Å². The molecule has 1 atom stereocenters. The molecule has 1 fully saturated rings.